The topological polar surface area (TPSA) is 75.6 Å². The Bertz CT molecular complexity index is 1190. The van der Waals surface area contributed by atoms with Gasteiger partial charge in [-0.15, -0.1) is 0 Å². The van der Waals surface area contributed by atoms with Crippen LogP contribution in [0.2, 0.25) is 26.7 Å². The third-order valence-electron chi connectivity index (χ3n) is 9.71. The van der Waals surface area contributed by atoms with E-state index in [1.54, 1.807) is 24.3 Å². The molecule has 1 heterocycles. The maximum Gasteiger partial charge on any atom is 0.335 e. The summed E-state index contributed by atoms with van der Waals surface area (Å²) in [5.74, 6) is -0.827. The molecule has 2 fully saturated rings. The second-order valence-corrected chi connectivity index (χ2v) is 19.1. The second-order valence-electron chi connectivity index (χ2n) is 12.9. The summed E-state index contributed by atoms with van der Waals surface area (Å²) in [6.45, 7) is 14.7. The van der Waals surface area contributed by atoms with Crippen LogP contribution in [-0.2, 0) is 9.22 Å². The third-order valence-corrected chi connectivity index (χ3v) is 16.5. The average Bonchev–Trinajstić information content (AvgIpc) is 3.34. The predicted molar refractivity (Wildman–Crippen MR) is 171 cm³/mol. The number of hydrogen-bond donors (Lipinski definition) is 2. The van der Waals surface area contributed by atoms with Crippen molar-refractivity contribution in [3.8, 4) is 11.1 Å². The summed E-state index contributed by atoms with van der Waals surface area (Å²) >= 11 is 14.0. The lowest BCUT2D eigenvalue weighted by atomic mass is 9.69. The Labute approximate surface area is 256 Å². The standard InChI is InChI=1S/C33H45Cl2NO4Si/c1-19(2)41(20(3)4,21(5)6)40-26-13-11-23(12-14-26)30(27-15-16-36-32(27)37)31-28(34)17-25(18-29(31)35)22-7-9-24(10-8-22)33(38)39/h7-10,17-21,23,26-27,30H,11-16H2,1-6H3,(H,36,37)(H,38,39)/t23-,26-,27-,30?/m1/s1. The van der Waals surface area contributed by atoms with E-state index in [0.29, 0.717) is 33.2 Å². The SMILES string of the molecule is CC(C)[Si](O[C@H]1CC[C@H](C(c2c(Cl)cc(-c3ccc(C(=O)O)cc3)cc2Cl)[C@H]2CCNC2=O)CC1)(C(C)C)C(C)C. The van der Waals surface area contributed by atoms with Crippen LogP contribution < -0.4 is 5.32 Å². The molecule has 5 nitrogen and oxygen atoms in total. The van der Waals surface area contributed by atoms with Crippen LogP contribution >= 0.6 is 23.2 Å². The number of nitrogens with one attached hydrogen (secondary N) is 1. The summed E-state index contributed by atoms with van der Waals surface area (Å²) in [5, 5.41) is 13.4. The van der Waals surface area contributed by atoms with Gasteiger partial charge in [0.2, 0.25) is 14.2 Å². The summed E-state index contributed by atoms with van der Waals surface area (Å²) in [4.78, 5) is 24.3. The highest BCUT2D eigenvalue weighted by molar-refractivity contribution is 6.77. The van der Waals surface area contributed by atoms with E-state index in [0.717, 1.165) is 48.8 Å². The summed E-state index contributed by atoms with van der Waals surface area (Å²) < 4.78 is 7.15. The van der Waals surface area contributed by atoms with Crippen molar-refractivity contribution in [1.29, 1.82) is 0 Å². The molecule has 0 spiro atoms. The average molecular weight is 619 g/mol. The molecule has 224 valence electrons. The fourth-order valence-corrected chi connectivity index (χ4v) is 14.2. The van der Waals surface area contributed by atoms with Crippen LogP contribution in [0.5, 0.6) is 0 Å². The van der Waals surface area contributed by atoms with E-state index >= 15 is 0 Å². The van der Waals surface area contributed by atoms with Gasteiger partial charge in [0.15, 0.2) is 0 Å². The van der Waals surface area contributed by atoms with E-state index in [1.165, 1.54) is 0 Å². The molecular weight excluding hydrogens is 573 g/mol. The number of halogens is 2. The highest BCUT2D eigenvalue weighted by atomic mass is 35.5. The fourth-order valence-electron chi connectivity index (χ4n) is 7.86. The molecule has 2 aromatic carbocycles. The van der Waals surface area contributed by atoms with Gasteiger partial charge in [0.05, 0.1) is 5.56 Å². The molecule has 8 heteroatoms. The largest absolute Gasteiger partial charge is 0.478 e. The predicted octanol–water partition coefficient (Wildman–Crippen LogP) is 9.33. The van der Waals surface area contributed by atoms with Crippen molar-refractivity contribution >= 4 is 43.4 Å². The van der Waals surface area contributed by atoms with Crippen molar-refractivity contribution in [3.63, 3.8) is 0 Å². The molecule has 1 amide bonds. The smallest absolute Gasteiger partial charge is 0.335 e. The van der Waals surface area contributed by atoms with E-state index in [4.69, 9.17) is 27.6 Å². The number of carbonyl (C=O) groups excluding carboxylic acids is 1. The molecule has 2 aromatic rings. The first-order valence-corrected chi connectivity index (χ1v) is 18.0. The van der Waals surface area contributed by atoms with Crippen LogP contribution in [-0.4, -0.2) is 37.9 Å². The van der Waals surface area contributed by atoms with Crippen molar-refractivity contribution in [2.45, 2.75) is 102 Å². The Morgan fingerprint density at radius 2 is 1.41 bits per heavy atom. The first kappa shape index (κ1) is 32.1. The van der Waals surface area contributed by atoms with Crippen molar-refractivity contribution in [2.24, 2.45) is 11.8 Å². The normalized spacial score (nSPS) is 22.4. The highest BCUT2D eigenvalue weighted by Gasteiger charge is 2.48. The molecule has 2 atom stereocenters. The Morgan fingerprint density at radius 1 is 0.878 bits per heavy atom. The van der Waals surface area contributed by atoms with E-state index in [2.05, 4.69) is 46.9 Å². The lowest BCUT2D eigenvalue weighted by Gasteiger charge is -2.46. The van der Waals surface area contributed by atoms with Crippen LogP contribution in [0.15, 0.2) is 36.4 Å². The summed E-state index contributed by atoms with van der Waals surface area (Å²) in [5.41, 5.74) is 4.39. The number of hydrogen-bond acceptors (Lipinski definition) is 3. The van der Waals surface area contributed by atoms with Gasteiger partial charge in [-0.05, 0) is 95.6 Å². The number of aromatic carboxylic acids is 1. The highest BCUT2D eigenvalue weighted by Crippen LogP contribution is 2.50. The van der Waals surface area contributed by atoms with E-state index in [9.17, 15) is 14.7 Å². The van der Waals surface area contributed by atoms with Crippen LogP contribution in [0.4, 0.5) is 0 Å². The number of carboxylic acids is 1. The maximum absolute atomic E-state index is 13.0. The number of rotatable bonds is 10. The molecule has 2 aliphatic rings. The van der Waals surface area contributed by atoms with Crippen molar-refractivity contribution < 1.29 is 19.1 Å². The van der Waals surface area contributed by atoms with Crippen LogP contribution in [0.25, 0.3) is 11.1 Å². The first-order valence-electron chi connectivity index (χ1n) is 15.1. The molecule has 1 saturated heterocycles. The van der Waals surface area contributed by atoms with E-state index < -0.39 is 14.3 Å². The van der Waals surface area contributed by atoms with Gasteiger partial charge in [0.1, 0.15) is 0 Å². The van der Waals surface area contributed by atoms with Gasteiger partial charge in [0.25, 0.3) is 0 Å². The molecule has 2 N–H and O–H groups in total. The summed E-state index contributed by atoms with van der Waals surface area (Å²) in [6.07, 6.45) is 4.95. The Hall–Kier alpha value is -1.86. The van der Waals surface area contributed by atoms with E-state index in [-0.39, 0.29) is 35.3 Å². The molecule has 4 rings (SSSR count). The molecule has 1 aliphatic carbocycles. The molecule has 1 unspecified atom stereocenters. The number of carbonyl (C=O) groups is 2. The summed E-state index contributed by atoms with van der Waals surface area (Å²) in [7, 11) is -1.97. The van der Waals surface area contributed by atoms with Crippen molar-refractivity contribution in [3.05, 3.63) is 57.6 Å². The Morgan fingerprint density at radius 3 is 1.85 bits per heavy atom. The molecule has 41 heavy (non-hydrogen) atoms. The zero-order chi connectivity index (χ0) is 30.1. The van der Waals surface area contributed by atoms with Crippen molar-refractivity contribution in [2.75, 3.05) is 6.54 Å². The minimum absolute atomic E-state index is 0.0656. The summed E-state index contributed by atoms with van der Waals surface area (Å²) in [6, 6.07) is 10.5. The zero-order valence-corrected chi connectivity index (χ0v) is 27.7. The Kier molecular flexibility index (Phi) is 10.3. The lowest BCUT2D eigenvalue weighted by molar-refractivity contribution is -0.123. The van der Waals surface area contributed by atoms with Gasteiger partial charge in [-0.1, -0.05) is 76.9 Å². The number of carboxylic acid groups (broad SMARTS) is 1. The third kappa shape index (κ3) is 6.56. The minimum Gasteiger partial charge on any atom is -0.478 e. The quantitative estimate of drug-likeness (QED) is 0.260. The lowest BCUT2D eigenvalue weighted by Crippen LogP contribution is -2.50. The van der Waals surface area contributed by atoms with Gasteiger partial charge in [-0.25, -0.2) is 4.79 Å². The fraction of sp³-hybridized carbons (Fsp3) is 0.576. The molecular formula is C33H45Cl2NO4Si. The monoisotopic (exact) mass is 617 g/mol. The number of amides is 1. The zero-order valence-electron chi connectivity index (χ0n) is 25.2. The second kappa shape index (κ2) is 13.2. The van der Waals surface area contributed by atoms with Gasteiger partial charge in [-0.2, -0.15) is 0 Å². The molecule has 0 radical (unpaired) electrons. The van der Waals surface area contributed by atoms with Gasteiger partial charge in [-0.3, -0.25) is 4.79 Å². The molecule has 0 aromatic heterocycles. The van der Waals surface area contributed by atoms with Gasteiger partial charge in [0, 0.05) is 34.5 Å². The van der Waals surface area contributed by atoms with Crippen LogP contribution in [0, 0.1) is 11.8 Å². The van der Waals surface area contributed by atoms with Gasteiger partial charge >= 0.3 is 5.97 Å². The molecule has 0 bridgehead atoms. The Balaban J connectivity index is 1.61. The maximum atomic E-state index is 13.0. The van der Waals surface area contributed by atoms with E-state index in [1.807, 2.05) is 12.1 Å². The minimum atomic E-state index is -1.97. The molecule has 1 saturated carbocycles. The van der Waals surface area contributed by atoms with Crippen molar-refractivity contribution in [1.82, 2.24) is 5.32 Å². The number of benzene rings is 2. The molecule has 1 aliphatic heterocycles. The van der Waals surface area contributed by atoms with Crippen LogP contribution in [0.3, 0.4) is 0 Å². The van der Waals surface area contributed by atoms with Gasteiger partial charge < -0.3 is 14.8 Å². The first-order chi connectivity index (χ1) is 19.4. The van der Waals surface area contributed by atoms with Crippen LogP contribution in [0.1, 0.15) is 95.5 Å².